The lowest BCUT2D eigenvalue weighted by atomic mass is 9.34. The molecule has 2 aliphatic carbocycles. The summed E-state index contributed by atoms with van der Waals surface area (Å²) >= 11 is 1.99. The van der Waals surface area contributed by atoms with Crippen LogP contribution in [0.2, 0.25) is 0 Å². The topological polar surface area (TPSA) is 13.1 Å². The van der Waals surface area contributed by atoms with Gasteiger partial charge in [-0.25, -0.2) is 0 Å². The Bertz CT molecular complexity index is 3800. The number of rotatable bonds is 5. The lowest BCUT2D eigenvalue weighted by Gasteiger charge is -2.43. The Morgan fingerprint density at radius 2 is 0.932 bits per heavy atom. The summed E-state index contributed by atoms with van der Waals surface area (Å²) in [7, 11) is 0. The van der Waals surface area contributed by atoms with Gasteiger partial charge in [0.15, 0.2) is 0 Å². The number of hydrogen-bond donors (Lipinski definition) is 0. The van der Waals surface area contributed by atoms with Gasteiger partial charge in [-0.2, -0.15) is 0 Å². The highest BCUT2D eigenvalue weighted by atomic mass is 32.2. The predicted octanol–water partition coefficient (Wildman–Crippen LogP) is 16.0. The molecule has 0 atom stereocenters. The first-order valence-corrected chi connectivity index (χ1v) is 27.8. The Kier molecular flexibility index (Phi) is 10.3. The molecule has 0 bridgehead atoms. The smallest absolute Gasteiger partial charge is 0.249 e. The summed E-state index contributed by atoms with van der Waals surface area (Å²) in [6, 6.07) is 65.9. The third-order valence-corrected chi connectivity index (χ3v) is 18.0. The number of benzene rings is 8. The van der Waals surface area contributed by atoms with Gasteiger partial charge in [-0.3, -0.25) is 0 Å². The van der Waals surface area contributed by atoms with E-state index in [1.54, 1.807) is 5.56 Å². The largest absolute Gasteiger partial charge is 0.313 e. The molecule has 0 unspecified atom stereocenters. The average molecular weight is 964 g/mol. The van der Waals surface area contributed by atoms with Crippen molar-refractivity contribution < 1.29 is 0 Å². The second kappa shape index (κ2) is 16.8. The van der Waals surface area contributed by atoms with Gasteiger partial charge in [-0.15, -0.1) is 0 Å². The van der Waals surface area contributed by atoms with Gasteiger partial charge in [-0.05, 0) is 167 Å². The van der Waals surface area contributed by atoms with Crippen LogP contribution in [-0.4, -0.2) is 15.8 Å². The van der Waals surface area contributed by atoms with E-state index in [4.69, 9.17) is 0 Å². The molecule has 10 aromatic rings. The molecule has 0 amide bonds. The molecule has 8 aromatic carbocycles. The number of hydrogen-bond acceptors (Lipinski definition) is 2. The van der Waals surface area contributed by atoms with Gasteiger partial charge in [0.25, 0.3) is 0 Å². The minimum absolute atomic E-state index is 0.0319. The molecule has 3 nitrogen and oxygen atoms in total. The summed E-state index contributed by atoms with van der Waals surface area (Å²) in [5.74, 6) is 0. The second-order valence-corrected chi connectivity index (χ2v) is 24.4. The summed E-state index contributed by atoms with van der Waals surface area (Å²) in [6.07, 6.45) is 9.46. The normalized spacial score (nSPS) is 15.0. The van der Waals surface area contributed by atoms with Crippen LogP contribution >= 0.6 is 11.8 Å². The fraction of sp³-hybridized carbons (Fsp3) is 0.235. The van der Waals surface area contributed by atoms with Crippen molar-refractivity contribution in [3.05, 3.63) is 203 Å². The van der Waals surface area contributed by atoms with Gasteiger partial charge in [-0.1, -0.05) is 168 Å². The Balaban J connectivity index is 1.09. The van der Waals surface area contributed by atoms with E-state index in [-0.39, 0.29) is 17.5 Å². The summed E-state index contributed by atoms with van der Waals surface area (Å²) in [5.41, 5.74) is 26.5. The van der Waals surface area contributed by atoms with Crippen LogP contribution in [0.15, 0.2) is 180 Å². The zero-order chi connectivity index (χ0) is 49.3. The molecule has 0 fully saturated rings. The maximum Gasteiger partial charge on any atom is 0.249 e. The lowest BCUT2D eigenvalue weighted by Crippen LogP contribution is -2.60. The van der Waals surface area contributed by atoms with Crippen molar-refractivity contribution in [2.24, 2.45) is 0 Å². The van der Waals surface area contributed by atoms with Crippen LogP contribution in [0.4, 0.5) is 17.1 Å². The minimum atomic E-state index is -0.107. The summed E-state index contributed by atoms with van der Waals surface area (Å²) in [4.78, 5) is 5.44. The number of fused-ring (bicyclic) bond motifs is 10. The number of anilines is 3. The van der Waals surface area contributed by atoms with Crippen molar-refractivity contribution in [2.45, 2.75) is 114 Å². The van der Waals surface area contributed by atoms with E-state index < -0.39 is 0 Å². The van der Waals surface area contributed by atoms with E-state index in [1.165, 1.54) is 152 Å². The molecule has 4 aliphatic rings. The fourth-order valence-corrected chi connectivity index (χ4v) is 14.5. The Morgan fingerprint density at radius 3 is 1.49 bits per heavy atom. The highest BCUT2D eigenvalue weighted by Gasteiger charge is 2.44. The van der Waals surface area contributed by atoms with E-state index in [0.717, 1.165) is 25.7 Å². The van der Waals surface area contributed by atoms with E-state index >= 15 is 0 Å². The molecule has 0 radical (unpaired) electrons. The lowest BCUT2D eigenvalue weighted by molar-refractivity contribution is 0.589. The molecule has 2 aliphatic heterocycles. The predicted molar refractivity (Wildman–Crippen MR) is 312 cm³/mol. The zero-order valence-corrected chi connectivity index (χ0v) is 44.0. The maximum atomic E-state index is 2.73. The molecule has 4 heterocycles. The van der Waals surface area contributed by atoms with Crippen molar-refractivity contribution in [2.75, 3.05) is 4.90 Å². The second-order valence-electron chi connectivity index (χ2n) is 23.4. The molecule has 0 saturated heterocycles. The third kappa shape index (κ3) is 7.09. The summed E-state index contributed by atoms with van der Waals surface area (Å²) in [5, 5.41) is 2.82. The van der Waals surface area contributed by atoms with Crippen LogP contribution in [0.5, 0.6) is 0 Å². The highest BCUT2D eigenvalue weighted by Crippen LogP contribution is 2.52. The molecule has 0 saturated carbocycles. The third-order valence-electron chi connectivity index (χ3n) is 16.9. The van der Waals surface area contributed by atoms with Gasteiger partial charge in [0.1, 0.15) is 0 Å². The van der Waals surface area contributed by atoms with E-state index in [2.05, 4.69) is 225 Å². The first-order chi connectivity index (χ1) is 35.5. The Labute approximate surface area is 436 Å². The van der Waals surface area contributed by atoms with Crippen LogP contribution < -0.4 is 21.3 Å². The van der Waals surface area contributed by atoms with Crippen LogP contribution in [0.25, 0.3) is 55.4 Å². The fourth-order valence-electron chi connectivity index (χ4n) is 13.2. The Hall–Kier alpha value is -6.95. The average Bonchev–Trinajstić information content (AvgIpc) is 3.93. The van der Waals surface area contributed by atoms with E-state index in [1.807, 2.05) is 11.8 Å². The van der Waals surface area contributed by atoms with Crippen LogP contribution in [0, 0.1) is 0 Å². The first kappa shape index (κ1) is 44.7. The monoisotopic (exact) mass is 963 g/mol. The van der Waals surface area contributed by atoms with Crippen LogP contribution in [0.1, 0.15) is 101 Å². The molecular weight excluding hydrogens is 902 g/mol. The van der Waals surface area contributed by atoms with E-state index in [0.29, 0.717) is 0 Å². The number of aryl methyl sites for hydroxylation is 2. The summed E-state index contributed by atoms with van der Waals surface area (Å²) < 4.78 is 5.24. The summed E-state index contributed by atoms with van der Waals surface area (Å²) in [6.45, 7) is 14.3. The van der Waals surface area contributed by atoms with Gasteiger partial charge in [0.05, 0.1) is 16.7 Å². The van der Waals surface area contributed by atoms with E-state index in [9.17, 15) is 0 Å². The van der Waals surface area contributed by atoms with Gasteiger partial charge in [0, 0.05) is 65.8 Å². The SMILES string of the molecule is CC(C)(C)c1cc(-c2ccccc2)c(N2c3cc(-n4c5c(c6ccccc64)CCCC5)ccc3B3c4ccc(-n5c6c(c7ccccc75)CCCC6)cc4Sc4cc(C(C)(C)C)cc2c43)c(-c2ccccc2)c1. The van der Waals surface area contributed by atoms with Gasteiger partial charge < -0.3 is 14.0 Å². The van der Waals surface area contributed by atoms with Crippen molar-refractivity contribution in [1.29, 1.82) is 0 Å². The zero-order valence-electron chi connectivity index (χ0n) is 43.1. The highest BCUT2D eigenvalue weighted by molar-refractivity contribution is 8.00. The Morgan fingerprint density at radius 1 is 0.438 bits per heavy atom. The van der Waals surface area contributed by atoms with Crippen LogP contribution in [-0.2, 0) is 36.5 Å². The number of para-hydroxylation sites is 2. The van der Waals surface area contributed by atoms with Gasteiger partial charge in [0.2, 0.25) is 6.71 Å². The number of nitrogens with zero attached hydrogens (tertiary/aromatic N) is 3. The van der Waals surface area contributed by atoms with Crippen molar-refractivity contribution in [1.82, 2.24) is 9.13 Å². The van der Waals surface area contributed by atoms with Gasteiger partial charge >= 0.3 is 0 Å². The molecule has 0 N–H and O–H groups in total. The minimum Gasteiger partial charge on any atom is -0.313 e. The quantitative estimate of drug-likeness (QED) is 0.159. The maximum absolute atomic E-state index is 2.73. The van der Waals surface area contributed by atoms with Crippen molar-refractivity contribution >= 4 is 73.7 Å². The molecule has 73 heavy (non-hydrogen) atoms. The molecule has 358 valence electrons. The molecule has 5 heteroatoms. The molecule has 0 spiro atoms. The van der Waals surface area contributed by atoms with Crippen molar-refractivity contribution in [3.8, 4) is 33.6 Å². The first-order valence-electron chi connectivity index (χ1n) is 27.0. The number of aromatic nitrogens is 2. The molecule has 14 rings (SSSR count). The molecule has 2 aromatic heterocycles. The van der Waals surface area contributed by atoms with Crippen LogP contribution in [0.3, 0.4) is 0 Å². The van der Waals surface area contributed by atoms with Crippen molar-refractivity contribution in [3.63, 3.8) is 0 Å². The standard InChI is InChI=1S/C68H62BN3S/c1-67(2,3)45-37-53(43-21-9-7-10-22-43)66(54(38-45)44-23-11-8-12-24-44)72-61-41-47(70-57-29-17-13-25-49(57)50-26-14-18-30-58(50)70)33-35-55(61)69-56-36-34-48(71-59-31-19-15-27-51(59)52-28-16-20-32-60(52)71)42-63(56)73-64-40-46(68(4,5)6)39-62(72)65(64)69/h7-13,15,17,19,21-25,27,29,31,33-42H,14,16,18,20,26,28,30,32H2,1-6H3. The molecular formula is C68H62BN3S.